The summed E-state index contributed by atoms with van der Waals surface area (Å²) in [6.45, 7) is 5.16. The minimum Gasteiger partial charge on any atom is -0.393 e. The minimum absolute atomic E-state index is 0.258. The number of nitrogens with zero attached hydrogens (tertiary/aromatic N) is 1. The molecular weight excluding hydrogens is 192 g/mol. The summed E-state index contributed by atoms with van der Waals surface area (Å²) in [6.07, 6.45) is 3.38. The van der Waals surface area contributed by atoms with Gasteiger partial charge in [0, 0.05) is 26.1 Å². The maximum Gasteiger partial charge on any atom is 0.223 e. The van der Waals surface area contributed by atoms with Gasteiger partial charge >= 0.3 is 0 Å². The Bertz CT molecular complexity index is 189. The van der Waals surface area contributed by atoms with E-state index in [0.29, 0.717) is 6.42 Å². The topological polar surface area (TPSA) is 52.6 Å². The Morgan fingerprint density at radius 3 is 2.67 bits per heavy atom. The quantitative estimate of drug-likeness (QED) is 0.628. The van der Waals surface area contributed by atoms with Crippen molar-refractivity contribution in [2.24, 2.45) is 0 Å². The molecule has 1 aliphatic rings. The summed E-state index contributed by atoms with van der Waals surface area (Å²) in [5, 5.41) is 12.2. The number of rotatable bonds is 6. The van der Waals surface area contributed by atoms with E-state index in [2.05, 4.69) is 5.32 Å². The van der Waals surface area contributed by atoms with Gasteiger partial charge in [-0.15, -0.1) is 0 Å². The Kier molecular flexibility index (Phi) is 5.65. The Morgan fingerprint density at radius 2 is 2.07 bits per heavy atom. The van der Waals surface area contributed by atoms with Gasteiger partial charge in [-0.1, -0.05) is 0 Å². The van der Waals surface area contributed by atoms with Gasteiger partial charge in [0.05, 0.1) is 6.10 Å². The SMILES string of the molecule is CC(O)CCNCCC(=O)N1CCCC1. The van der Waals surface area contributed by atoms with E-state index in [-0.39, 0.29) is 12.0 Å². The monoisotopic (exact) mass is 214 g/mol. The first-order valence-corrected chi connectivity index (χ1v) is 5.86. The number of hydrogen-bond donors (Lipinski definition) is 2. The van der Waals surface area contributed by atoms with E-state index in [9.17, 15) is 4.79 Å². The highest BCUT2D eigenvalue weighted by Crippen LogP contribution is 2.08. The molecule has 88 valence electrons. The summed E-state index contributed by atoms with van der Waals surface area (Å²) < 4.78 is 0. The first-order chi connectivity index (χ1) is 7.20. The van der Waals surface area contributed by atoms with Gasteiger partial charge in [0.1, 0.15) is 0 Å². The molecular formula is C11H22N2O2. The first-order valence-electron chi connectivity index (χ1n) is 5.86. The summed E-state index contributed by atoms with van der Waals surface area (Å²) in [6, 6.07) is 0. The molecule has 4 heteroatoms. The van der Waals surface area contributed by atoms with Crippen LogP contribution in [0.3, 0.4) is 0 Å². The molecule has 1 amide bonds. The van der Waals surface area contributed by atoms with Crippen molar-refractivity contribution >= 4 is 5.91 Å². The average Bonchev–Trinajstić information content (AvgIpc) is 2.69. The molecule has 1 saturated heterocycles. The lowest BCUT2D eigenvalue weighted by molar-refractivity contribution is -0.130. The molecule has 15 heavy (non-hydrogen) atoms. The van der Waals surface area contributed by atoms with Crippen LogP contribution in [0.4, 0.5) is 0 Å². The van der Waals surface area contributed by atoms with E-state index in [0.717, 1.165) is 45.4 Å². The van der Waals surface area contributed by atoms with Crippen molar-refractivity contribution < 1.29 is 9.90 Å². The lowest BCUT2D eigenvalue weighted by Gasteiger charge is -2.15. The number of likely N-dealkylation sites (tertiary alicyclic amines) is 1. The summed E-state index contributed by atoms with van der Waals surface area (Å²) in [4.78, 5) is 13.5. The van der Waals surface area contributed by atoms with E-state index in [1.165, 1.54) is 0 Å². The fraction of sp³-hybridized carbons (Fsp3) is 0.909. The molecule has 1 unspecified atom stereocenters. The van der Waals surface area contributed by atoms with Crippen molar-refractivity contribution in [3.63, 3.8) is 0 Å². The van der Waals surface area contributed by atoms with E-state index >= 15 is 0 Å². The van der Waals surface area contributed by atoms with Crippen molar-refractivity contribution in [1.29, 1.82) is 0 Å². The maximum atomic E-state index is 11.6. The molecule has 0 spiro atoms. The van der Waals surface area contributed by atoms with Crippen LogP contribution in [-0.2, 0) is 4.79 Å². The third kappa shape index (κ3) is 5.14. The highest BCUT2D eigenvalue weighted by atomic mass is 16.3. The maximum absolute atomic E-state index is 11.6. The smallest absolute Gasteiger partial charge is 0.223 e. The fourth-order valence-electron chi connectivity index (χ4n) is 1.76. The summed E-state index contributed by atoms with van der Waals surface area (Å²) in [5.74, 6) is 0.261. The lowest BCUT2D eigenvalue weighted by atomic mass is 10.3. The Labute approximate surface area is 91.6 Å². The van der Waals surface area contributed by atoms with E-state index < -0.39 is 0 Å². The van der Waals surface area contributed by atoms with Gasteiger partial charge in [0.25, 0.3) is 0 Å². The van der Waals surface area contributed by atoms with Gasteiger partial charge < -0.3 is 15.3 Å². The second kappa shape index (κ2) is 6.80. The minimum atomic E-state index is -0.258. The van der Waals surface area contributed by atoms with Gasteiger partial charge in [0.2, 0.25) is 5.91 Å². The number of carbonyl (C=O) groups is 1. The van der Waals surface area contributed by atoms with Crippen molar-refractivity contribution in [3.8, 4) is 0 Å². The molecule has 2 N–H and O–H groups in total. The molecule has 1 atom stereocenters. The molecule has 0 saturated carbocycles. The van der Waals surface area contributed by atoms with Crippen LogP contribution < -0.4 is 5.32 Å². The van der Waals surface area contributed by atoms with Gasteiger partial charge in [-0.05, 0) is 32.7 Å². The summed E-state index contributed by atoms with van der Waals surface area (Å²) in [5.41, 5.74) is 0. The lowest BCUT2D eigenvalue weighted by Crippen LogP contribution is -2.31. The second-order valence-corrected chi connectivity index (χ2v) is 4.23. The zero-order valence-electron chi connectivity index (χ0n) is 9.54. The third-order valence-corrected chi connectivity index (χ3v) is 2.71. The molecule has 1 aliphatic heterocycles. The van der Waals surface area contributed by atoms with Crippen LogP contribution in [0, 0.1) is 0 Å². The number of hydrogen-bond acceptors (Lipinski definition) is 3. The van der Waals surface area contributed by atoms with Crippen molar-refractivity contribution in [2.45, 2.75) is 38.7 Å². The highest BCUT2D eigenvalue weighted by molar-refractivity contribution is 5.76. The molecule has 0 aliphatic carbocycles. The normalized spacial score (nSPS) is 18.1. The van der Waals surface area contributed by atoms with Crippen LogP contribution in [0.1, 0.15) is 32.6 Å². The van der Waals surface area contributed by atoms with Gasteiger partial charge in [0.15, 0.2) is 0 Å². The van der Waals surface area contributed by atoms with Crippen LogP contribution in [0.5, 0.6) is 0 Å². The van der Waals surface area contributed by atoms with Crippen LogP contribution in [0.25, 0.3) is 0 Å². The number of amides is 1. The van der Waals surface area contributed by atoms with Crippen molar-refractivity contribution in [3.05, 3.63) is 0 Å². The summed E-state index contributed by atoms with van der Waals surface area (Å²) >= 11 is 0. The first kappa shape index (κ1) is 12.5. The molecule has 0 bridgehead atoms. The second-order valence-electron chi connectivity index (χ2n) is 4.23. The molecule has 0 radical (unpaired) electrons. The van der Waals surface area contributed by atoms with Gasteiger partial charge in [-0.2, -0.15) is 0 Å². The number of aliphatic hydroxyl groups excluding tert-OH is 1. The number of nitrogens with one attached hydrogen (secondary N) is 1. The molecule has 0 aromatic rings. The van der Waals surface area contributed by atoms with E-state index in [1.54, 1.807) is 6.92 Å². The van der Waals surface area contributed by atoms with Gasteiger partial charge in [-0.3, -0.25) is 4.79 Å². The molecule has 0 aromatic heterocycles. The zero-order valence-corrected chi connectivity index (χ0v) is 9.54. The molecule has 4 nitrogen and oxygen atoms in total. The largest absolute Gasteiger partial charge is 0.393 e. The zero-order chi connectivity index (χ0) is 11.1. The molecule has 0 aromatic carbocycles. The third-order valence-electron chi connectivity index (χ3n) is 2.71. The highest BCUT2D eigenvalue weighted by Gasteiger charge is 2.16. The summed E-state index contributed by atoms with van der Waals surface area (Å²) in [7, 11) is 0. The molecule has 1 fully saturated rings. The van der Waals surface area contributed by atoms with Crippen LogP contribution in [-0.4, -0.2) is 48.2 Å². The average molecular weight is 214 g/mol. The van der Waals surface area contributed by atoms with Crippen LogP contribution in [0.2, 0.25) is 0 Å². The number of carbonyl (C=O) groups excluding carboxylic acids is 1. The Hall–Kier alpha value is -0.610. The molecule has 1 heterocycles. The van der Waals surface area contributed by atoms with Crippen molar-refractivity contribution in [2.75, 3.05) is 26.2 Å². The Balaban J connectivity index is 1.97. The van der Waals surface area contributed by atoms with E-state index in [1.807, 2.05) is 4.90 Å². The predicted octanol–water partition coefficient (Wildman–Crippen LogP) is 0.359. The Morgan fingerprint density at radius 1 is 1.40 bits per heavy atom. The van der Waals surface area contributed by atoms with Gasteiger partial charge in [-0.25, -0.2) is 0 Å². The fourth-order valence-corrected chi connectivity index (χ4v) is 1.76. The number of aliphatic hydroxyl groups is 1. The molecule has 1 rings (SSSR count). The van der Waals surface area contributed by atoms with Crippen molar-refractivity contribution in [1.82, 2.24) is 10.2 Å². The predicted molar refractivity (Wildman–Crippen MR) is 59.6 cm³/mol. The standard InChI is InChI=1S/C11H22N2O2/c1-10(14)4-6-12-7-5-11(15)13-8-2-3-9-13/h10,12,14H,2-9H2,1H3. The van der Waals surface area contributed by atoms with E-state index in [4.69, 9.17) is 5.11 Å². The van der Waals surface area contributed by atoms with Crippen LogP contribution in [0.15, 0.2) is 0 Å². The van der Waals surface area contributed by atoms with Crippen LogP contribution >= 0.6 is 0 Å².